The number of carboxylic acid groups (broad SMARTS) is 1. The zero-order chi connectivity index (χ0) is 24.2. The number of aliphatic hydroxyl groups excluding tert-OH is 4. The Morgan fingerprint density at radius 3 is 2.31 bits per heavy atom. The fourth-order valence-electron chi connectivity index (χ4n) is 3.79. The molecule has 0 aromatic rings. The molecule has 0 spiro atoms. The zero-order valence-corrected chi connectivity index (χ0v) is 17.7. The average Bonchev–Trinajstić information content (AvgIpc) is 2.72. The van der Waals surface area contributed by atoms with Crippen LogP contribution in [0.1, 0.15) is 20.3 Å². The number of ether oxygens (including phenoxy) is 5. The van der Waals surface area contributed by atoms with E-state index in [1.165, 1.54) is 6.92 Å². The van der Waals surface area contributed by atoms with E-state index in [0.29, 0.717) is 0 Å². The molecule has 9 atom stereocenters. The van der Waals surface area contributed by atoms with Gasteiger partial charge >= 0.3 is 17.9 Å². The predicted octanol–water partition coefficient (Wildman–Crippen LogP) is -2.13. The topological polar surface area (TPSA) is 199 Å². The number of hydrogen-bond acceptors (Lipinski definition) is 12. The number of rotatable bonds is 8. The number of hydrogen-bond donors (Lipinski definition) is 5. The van der Waals surface area contributed by atoms with Crippen molar-refractivity contribution in [1.29, 1.82) is 0 Å². The van der Waals surface area contributed by atoms with E-state index in [2.05, 4.69) is 4.74 Å². The van der Waals surface area contributed by atoms with Gasteiger partial charge in [-0.15, -0.1) is 0 Å². The summed E-state index contributed by atoms with van der Waals surface area (Å²) in [6, 6.07) is 0. The minimum Gasteiger partial charge on any atom is -0.481 e. The summed E-state index contributed by atoms with van der Waals surface area (Å²) >= 11 is 0. The molecule has 0 aromatic heterocycles. The summed E-state index contributed by atoms with van der Waals surface area (Å²) in [5.74, 6) is -4.98. The van der Waals surface area contributed by atoms with Crippen LogP contribution in [0.5, 0.6) is 0 Å². The third kappa shape index (κ3) is 5.74. The zero-order valence-electron chi connectivity index (χ0n) is 17.7. The van der Waals surface area contributed by atoms with E-state index < -0.39 is 85.9 Å². The Labute approximate surface area is 183 Å². The van der Waals surface area contributed by atoms with E-state index in [-0.39, 0.29) is 5.57 Å². The number of esters is 2. The van der Waals surface area contributed by atoms with Crippen molar-refractivity contribution < 1.29 is 63.6 Å². The lowest BCUT2D eigenvalue weighted by molar-refractivity contribution is -0.345. The van der Waals surface area contributed by atoms with E-state index in [1.807, 2.05) is 0 Å². The molecule has 1 saturated heterocycles. The summed E-state index contributed by atoms with van der Waals surface area (Å²) in [6.07, 6.45) is -10.0. The summed E-state index contributed by atoms with van der Waals surface area (Å²) in [5, 5.41) is 48.9. The second kappa shape index (κ2) is 11.0. The molecule has 0 bridgehead atoms. The van der Waals surface area contributed by atoms with Crippen molar-refractivity contribution in [1.82, 2.24) is 0 Å². The van der Waals surface area contributed by atoms with Gasteiger partial charge in [0.2, 0.25) is 6.29 Å². The maximum atomic E-state index is 12.2. The lowest BCUT2D eigenvalue weighted by Gasteiger charge is -2.44. The first-order valence-electron chi connectivity index (χ1n) is 9.80. The Morgan fingerprint density at radius 1 is 1.12 bits per heavy atom. The summed E-state index contributed by atoms with van der Waals surface area (Å²) in [6.45, 7) is 1.88. The van der Waals surface area contributed by atoms with Crippen LogP contribution in [-0.4, -0.2) is 100 Å². The number of carbonyl (C=O) groups is 3. The summed E-state index contributed by atoms with van der Waals surface area (Å²) < 4.78 is 26.3. The van der Waals surface area contributed by atoms with Crippen molar-refractivity contribution in [3.8, 4) is 0 Å². The first kappa shape index (κ1) is 26.0. The fourth-order valence-corrected chi connectivity index (χ4v) is 3.79. The van der Waals surface area contributed by atoms with Crippen molar-refractivity contribution in [3.05, 3.63) is 11.8 Å². The highest BCUT2D eigenvalue weighted by atomic mass is 16.8. The minimum atomic E-state index is -1.76. The largest absolute Gasteiger partial charge is 0.481 e. The molecule has 13 heteroatoms. The number of carbonyl (C=O) groups excluding carboxylic acids is 2. The van der Waals surface area contributed by atoms with Crippen LogP contribution >= 0.6 is 0 Å². The molecule has 0 aliphatic carbocycles. The third-order valence-electron chi connectivity index (χ3n) is 5.33. The van der Waals surface area contributed by atoms with Gasteiger partial charge in [-0.05, 0) is 6.92 Å². The molecule has 0 unspecified atom stereocenters. The van der Waals surface area contributed by atoms with Gasteiger partial charge in [0.1, 0.15) is 30.5 Å². The second-order valence-electron chi connectivity index (χ2n) is 7.50. The highest BCUT2D eigenvalue weighted by Crippen LogP contribution is 2.39. The maximum Gasteiger partial charge on any atom is 0.337 e. The van der Waals surface area contributed by atoms with E-state index >= 15 is 0 Å². The van der Waals surface area contributed by atoms with Gasteiger partial charge in [0.05, 0.1) is 37.9 Å². The van der Waals surface area contributed by atoms with Gasteiger partial charge in [-0.1, -0.05) is 0 Å². The van der Waals surface area contributed by atoms with Crippen LogP contribution in [0.15, 0.2) is 11.8 Å². The molecular formula is C19H28O13. The van der Waals surface area contributed by atoms with Crippen molar-refractivity contribution in [3.63, 3.8) is 0 Å². The summed E-state index contributed by atoms with van der Waals surface area (Å²) in [5.41, 5.74) is -0.132. The van der Waals surface area contributed by atoms with Crippen LogP contribution in [0.25, 0.3) is 0 Å². The van der Waals surface area contributed by atoms with Crippen molar-refractivity contribution >= 4 is 17.9 Å². The Balaban J connectivity index is 2.39. The quantitative estimate of drug-likeness (QED) is 0.244. The van der Waals surface area contributed by atoms with Gasteiger partial charge in [-0.2, -0.15) is 0 Å². The van der Waals surface area contributed by atoms with Crippen LogP contribution in [-0.2, 0) is 38.1 Å². The molecule has 2 aliphatic rings. The predicted molar refractivity (Wildman–Crippen MR) is 100 cm³/mol. The van der Waals surface area contributed by atoms with Gasteiger partial charge in [0.15, 0.2) is 6.29 Å². The Morgan fingerprint density at radius 2 is 1.78 bits per heavy atom. The van der Waals surface area contributed by atoms with Crippen molar-refractivity contribution in [2.24, 2.45) is 11.8 Å². The first-order valence-corrected chi connectivity index (χ1v) is 9.80. The first-order chi connectivity index (χ1) is 15.0. The molecule has 5 N–H and O–H groups in total. The molecule has 2 aliphatic heterocycles. The smallest absolute Gasteiger partial charge is 0.337 e. The summed E-state index contributed by atoms with van der Waals surface area (Å²) in [7, 11) is 1.10. The van der Waals surface area contributed by atoms with E-state index in [0.717, 1.165) is 20.3 Å². The molecule has 32 heavy (non-hydrogen) atoms. The molecular weight excluding hydrogens is 436 g/mol. The van der Waals surface area contributed by atoms with Gasteiger partial charge < -0.3 is 49.2 Å². The highest BCUT2D eigenvalue weighted by Gasteiger charge is 2.50. The number of aliphatic carboxylic acids is 1. The molecule has 0 aromatic carbocycles. The van der Waals surface area contributed by atoms with E-state index in [4.69, 9.17) is 18.9 Å². The van der Waals surface area contributed by atoms with Crippen LogP contribution in [0.3, 0.4) is 0 Å². The molecule has 2 rings (SSSR count). The molecule has 2 heterocycles. The summed E-state index contributed by atoms with van der Waals surface area (Å²) in [4.78, 5) is 35.2. The standard InChI is InChI=1S/C19H28O13/c1-7(30-8(2)21)13-9(4-12(22)23)10(17(27)28-3)6-29-18(13)32-19-16(26)15(25)14(24)11(5-20)31-19/h6-7,9,11,13-16,18-20,24-26H,4-5H2,1-3H3,(H,22,23)/t7-,9-,11-,13-,14-,15+,16-,18+,19+/m1/s1. The van der Waals surface area contributed by atoms with Crippen molar-refractivity contribution in [2.75, 3.05) is 13.7 Å². The maximum absolute atomic E-state index is 12.2. The second-order valence-corrected chi connectivity index (χ2v) is 7.50. The van der Waals surface area contributed by atoms with Crippen molar-refractivity contribution in [2.45, 2.75) is 63.4 Å². The lowest BCUT2D eigenvalue weighted by Crippen LogP contribution is -2.60. The normalized spacial score (nSPS) is 35.8. The number of carboxylic acids is 1. The SMILES string of the molecule is COC(=O)C1=CO[C@@H](O[C@@H]2O[C@H](CO)[C@@H](O)[C@H](O)[C@H]2O)[C@H]([C@@H](C)OC(C)=O)[C@@H]1CC(=O)O. The van der Waals surface area contributed by atoms with Crippen LogP contribution in [0.4, 0.5) is 0 Å². The fraction of sp³-hybridized carbons (Fsp3) is 0.737. The number of aliphatic hydroxyl groups is 4. The molecule has 0 saturated carbocycles. The molecule has 182 valence electrons. The highest BCUT2D eigenvalue weighted by molar-refractivity contribution is 5.89. The van der Waals surface area contributed by atoms with E-state index in [9.17, 15) is 39.9 Å². The van der Waals surface area contributed by atoms with Crippen LogP contribution < -0.4 is 0 Å². The molecule has 0 amide bonds. The Hall–Kier alpha value is -2.29. The van der Waals surface area contributed by atoms with Gasteiger partial charge in [0.25, 0.3) is 0 Å². The van der Waals surface area contributed by atoms with Gasteiger partial charge in [0, 0.05) is 12.8 Å². The Kier molecular flexibility index (Phi) is 8.95. The van der Waals surface area contributed by atoms with Gasteiger partial charge in [-0.3, -0.25) is 9.59 Å². The monoisotopic (exact) mass is 464 g/mol. The molecule has 1 fully saturated rings. The lowest BCUT2D eigenvalue weighted by atomic mass is 9.78. The van der Waals surface area contributed by atoms with Crippen LogP contribution in [0, 0.1) is 11.8 Å². The van der Waals surface area contributed by atoms with E-state index in [1.54, 1.807) is 0 Å². The minimum absolute atomic E-state index is 0.132. The van der Waals surface area contributed by atoms with Crippen LogP contribution in [0.2, 0.25) is 0 Å². The number of methoxy groups -OCH3 is 1. The molecule has 0 radical (unpaired) electrons. The third-order valence-corrected chi connectivity index (χ3v) is 5.33. The molecule has 13 nitrogen and oxygen atoms in total. The Bertz CT molecular complexity index is 720. The average molecular weight is 464 g/mol. The van der Waals surface area contributed by atoms with Gasteiger partial charge in [-0.25, -0.2) is 4.79 Å².